The number of carbonyl (C=O) groups is 1. The Kier molecular flexibility index (Phi) is 7.02. The highest BCUT2D eigenvalue weighted by Gasteiger charge is 2.26. The smallest absolute Gasteiger partial charge is 0.236 e. The molecule has 1 unspecified atom stereocenters. The average molecular weight is 232 g/mol. The van der Waals surface area contributed by atoms with Crippen molar-refractivity contribution in [1.29, 1.82) is 0 Å². The van der Waals surface area contributed by atoms with Crippen LogP contribution in [-0.2, 0) is 4.79 Å². The molecule has 0 aliphatic carbocycles. The van der Waals surface area contributed by atoms with Crippen molar-refractivity contribution in [2.45, 2.75) is 50.8 Å². The van der Waals surface area contributed by atoms with E-state index in [2.05, 4.69) is 25.4 Å². The zero-order chi connectivity index (χ0) is 11.9. The summed E-state index contributed by atoms with van der Waals surface area (Å²) in [7, 11) is 0. The van der Waals surface area contributed by atoms with Crippen LogP contribution < -0.4 is 11.1 Å². The number of hydrogen-bond acceptors (Lipinski definition) is 3. The number of carbonyl (C=O) groups excluding carboxylic acids is 1. The van der Waals surface area contributed by atoms with Crippen LogP contribution in [0, 0.1) is 0 Å². The molecule has 0 heterocycles. The Balaban J connectivity index is 4.16. The highest BCUT2D eigenvalue weighted by atomic mass is 32.2. The van der Waals surface area contributed by atoms with Crippen molar-refractivity contribution in [3.8, 4) is 0 Å². The quantitative estimate of drug-likeness (QED) is 0.703. The van der Waals surface area contributed by atoms with Crippen molar-refractivity contribution >= 4 is 17.7 Å². The molecule has 3 nitrogen and oxygen atoms in total. The third kappa shape index (κ3) is 4.43. The molecule has 4 heteroatoms. The molecule has 0 radical (unpaired) electrons. The Bertz CT molecular complexity index is 185. The van der Waals surface area contributed by atoms with Crippen LogP contribution in [0.4, 0.5) is 0 Å². The summed E-state index contributed by atoms with van der Waals surface area (Å²) in [5.74, 6) is -0.0298. The summed E-state index contributed by atoms with van der Waals surface area (Å²) in [6.45, 7) is 6.96. The van der Waals surface area contributed by atoms with Gasteiger partial charge in [0.25, 0.3) is 0 Å². The van der Waals surface area contributed by atoms with Crippen LogP contribution in [0.1, 0.15) is 40.0 Å². The van der Waals surface area contributed by atoms with Gasteiger partial charge in [-0.15, -0.1) is 0 Å². The fourth-order valence-electron chi connectivity index (χ4n) is 1.43. The van der Waals surface area contributed by atoms with Crippen LogP contribution in [-0.4, -0.2) is 29.5 Å². The summed E-state index contributed by atoms with van der Waals surface area (Å²) >= 11 is 1.82. The Labute approximate surface area is 97.6 Å². The van der Waals surface area contributed by atoms with E-state index < -0.39 is 0 Å². The van der Waals surface area contributed by atoms with Crippen molar-refractivity contribution in [2.24, 2.45) is 5.73 Å². The molecule has 0 aliphatic rings. The van der Waals surface area contributed by atoms with Gasteiger partial charge in [-0.05, 0) is 25.5 Å². The van der Waals surface area contributed by atoms with E-state index in [0.29, 0.717) is 13.0 Å². The first kappa shape index (κ1) is 14.8. The second kappa shape index (κ2) is 7.12. The normalized spacial score (nSPS) is 13.7. The molecular formula is C11H24N2OS. The zero-order valence-electron chi connectivity index (χ0n) is 10.3. The van der Waals surface area contributed by atoms with Crippen molar-refractivity contribution in [3.63, 3.8) is 0 Å². The Morgan fingerprint density at radius 2 is 1.93 bits per heavy atom. The van der Waals surface area contributed by atoms with E-state index in [0.717, 1.165) is 12.8 Å². The number of amides is 1. The van der Waals surface area contributed by atoms with Gasteiger partial charge in [0.05, 0.1) is 6.04 Å². The minimum atomic E-state index is -0.363. The Hall–Kier alpha value is -0.220. The second-order valence-electron chi connectivity index (χ2n) is 3.83. The standard InChI is InChI=1S/C11H24N2OS/c1-5-9(12)10(14)13-8-11(6-2,7-3)15-4/h9H,5-8,12H2,1-4H3,(H,13,14). The highest BCUT2D eigenvalue weighted by Crippen LogP contribution is 2.29. The molecule has 0 spiro atoms. The van der Waals surface area contributed by atoms with Crippen LogP contribution in [0.5, 0.6) is 0 Å². The van der Waals surface area contributed by atoms with Gasteiger partial charge in [-0.3, -0.25) is 4.79 Å². The monoisotopic (exact) mass is 232 g/mol. The van der Waals surface area contributed by atoms with Gasteiger partial charge in [0.2, 0.25) is 5.91 Å². The van der Waals surface area contributed by atoms with Crippen LogP contribution in [0.25, 0.3) is 0 Å². The summed E-state index contributed by atoms with van der Waals surface area (Å²) in [6.07, 6.45) is 4.91. The number of nitrogens with two attached hydrogens (primary N) is 1. The van der Waals surface area contributed by atoms with Gasteiger partial charge < -0.3 is 11.1 Å². The lowest BCUT2D eigenvalue weighted by molar-refractivity contribution is -0.122. The molecular weight excluding hydrogens is 208 g/mol. The molecule has 0 aromatic rings. The maximum atomic E-state index is 11.5. The number of thioether (sulfide) groups is 1. The van der Waals surface area contributed by atoms with Gasteiger partial charge >= 0.3 is 0 Å². The summed E-state index contributed by atoms with van der Waals surface area (Å²) in [4.78, 5) is 11.5. The van der Waals surface area contributed by atoms with Gasteiger partial charge in [-0.25, -0.2) is 0 Å². The van der Waals surface area contributed by atoms with Crippen molar-refractivity contribution in [2.75, 3.05) is 12.8 Å². The molecule has 0 fully saturated rings. The lowest BCUT2D eigenvalue weighted by Gasteiger charge is -2.30. The van der Waals surface area contributed by atoms with E-state index in [1.807, 2.05) is 18.7 Å². The van der Waals surface area contributed by atoms with E-state index in [4.69, 9.17) is 5.73 Å². The maximum absolute atomic E-state index is 11.5. The van der Waals surface area contributed by atoms with Gasteiger partial charge in [0, 0.05) is 11.3 Å². The van der Waals surface area contributed by atoms with Gasteiger partial charge in [0.15, 0.2) is 0 Å². The van der Waals surface area contributed by atoms with Crippen LogP contribution in [0.15, 0.2) is 0 Å². The van der Waals surface area contributed by atoms with E-state index >= 15 is 0 Å². The molecule has 90 valence electrons. The fourth-order valence-corrected chi connectivity index (χ4v) is 2.22. The molecule has 1 amide bonds. The molecule has 0 saturated heterocycles. The summed E-state index contributed by atoms with van der Waals surface area (Å²) in [5, 5.41) is 2.94. The minimum Gasteiger partial charge on any atom is -0.353 e. The topological polar surface area (TPSA) is 55.1 Å². The first-order valence-corrected chi connectivity index (χ1v) is 6.86. The molecule has 1 atom stereocenters. The number of rotatable bonds is 7. The Morgan fingerprint density at radius 1 is 1.40 bits per heavy atom. The van der Waals surface area contributed by atoms with E-state index in [-0.39, 0.29) is 16.7 Å². The summed E-state index contributed by atoms with van der Waals surface area (Å²) < 4.78 is 0.170. The molecule has 0 aromatic carbocycles. The summed E-state index contributed by atoms with van der Waals surface area (Å²) in [6, 6.07) is -0.363. The van der Waals surface area contributed by atoms with Crippen molar-refractivity contribution in [1.82, 2.24) is 5.32 Å². The van der Waals surface area contributed by atoms with Gasteiger partial charge in [-0.1, -0.05) is 20.8 Å². The highest BCUT2D eigenvalue weighted by molar-refractivity contribution is 8.00. The third-order valence-corrected chi connectivity index (χ3v) is 4.67. The van der Waals surface area contributed by atoms with Crippen molar-refractivity contribution < 1.29 is 4.79 Å². The first-order chi connectivity index (χ1) is 7.05. The lowest BCUT2D eigenvalue weighted by atomic mass is 10.0. The first-order valence-electron chi connectivity index (χ1n) is 5.63. The summed E-state index contributed by atoms with van der Waals surface area (Å²) in [5.41, 5.74) is 5.65. The zero-order valence-corrected chi connectivity index (χ0v) is 11.1. The largest absolute Gasteiger partial charge is 0.353 e. The molecule has 15 heavy (non-hydrogen) atoms. The second-order valence-corrected chi connectivity index (χ2v) is 5.10. The molecule has 0 aliphatic heterocycles. The minimum absolute atomic E-state index is 0.0298. The fraction of sp³-hybridized carbons (Fsp3) is 0.909. The van der Waals surface area contributed by atoms with Gasteiger partial charge in [0.1, 0.15) is 0 Å². The SMILES string of the molecule is CCC(N)C(=O)NCC(CC)(CC)SC. The number of hydrogen-bond donors (Lipinski definition) is 2. The van der Waals surface area contributed by atoms with E-state index in [9.17, 15) is 4.79 Å². The predicted octanol–water partition coefficient (Wildman–Crippen LogP) is 1.76. The predicted molar refractivity (Wildman–Crippen MR) is 68.1 cm³/mol. The molecule has 0 aromatic heterocycles. The van der Waals surface area contributed by atoms with E-state index in [1.54, 1.807) is 0 Å². The molecule has 0 saturated carbocycles. The van der Waals surface area contributed by atoms with Gasteiger partial charge in [-0.2, -0.15) is 11.8 Å². The third-order valence-electron chi connectivity index (χ3n) is 3.08. The van der Waals surface area contributed by atoms with Crippen LogP contribution in [0.2, 0.25) is 0 Å². The molecule has 3 N–H and O–H groups in total. The number of nitrogens with one attached hydrogen (secondary N) is 1. The average Bonchev–Trinajstić information content (AvgIpc) is 2.30. The maximum Gasteiger partial charge on any atom is 0.236 e. The molecule has 0 bridgehead atoms. The Morgan fingerprint density at radius 3 is 2.27 bits per heavy atom. The van der Waals surface area contributed by atoms with E-state index in [1.165, 1.54) is 0 Å². The van der Waals surface area contributed by atoms with Crippen molar-refractivity contribution in [3.05, 3.63) is 0 Å². The molecule has 0 rings (SSSR count). The lowest BCUT2D eigenvalue weighted by Crippen LogP contribution is -2.46. The van der Waals surface area contributed by atoms with Crippen LogP contribution in [0.3, 0.4) is 0 Å². The van der Waals surface area contributed by atoms with Crippen LogP contribution >= 0.6 is 11.8 Å².